The van der Waals surface area contributed by atoms with E-state index in [1.807, 2.05) is 0 Å². The summed E-state index contributed by atoms with van der Waals surface area (Å²) in [7, 11) is -0.121. The van der Waals surface area contributed by atoms with Gasteiger partial charge in [-0.1, -0.05) is 66.2 Å². The molecule has 2 heteroatoms. The lowest BCUT2D eigenvalue weighted by molar-refractivity contribution is 0.306. The number of rotatable bonds is 6. The van der Waals surface area contributed by atoms with Crippen molar-refractivity contribution in [3.05, 3.63) is 120 Å². The molecule has 0 spiro atoms. The Morgan fingerprint density at radius 3 is 1.61 bits per heavy atom. The molecule has 138 valence electrons. The molecule has 0 aliphatic heterocycles. The molecule has 0 saturated carbocycles. The predicted octanol–water partition coefficient (Wildman–Crippen LogP) is 6.67. The molecule has 1 nitrogen and oxygen atoms in total. The van der Waals surface area contributed by atoms with E-state index >= 15 is 0 Å². The third-order valence-corrected chi connectivity index (χ3v) is 6.77. The largest absolute Gasteiger partial charge is 0.489 e. The molecular formula is C26H23OS+. The maximum absolute atomic E-state index is 5.98. The molecule has 28 heavy (non-hydrogen) atoms. The minimum absolute atomic E-state index is 0.121. The molecule has 0 heterocycles. The van der Waals surface area contributed by atoms with E-state index in [0.29, 0.717) is 6.61 Å². The molecule has 0 unspecified atom stereocenters. The Labute approximate surface area is 170 Å². The third kappa shape index (κ3) is 4.47. The second-order valence-corrected chi connectivity index (χ2v) is 8.70. The highest BCUT2D eigenvalue weighted by Crippen LogP contribution is 2.32. The zero-order valence-corrected chi connectivity index (χ0v) is 16.7. The molecule has 0 amide bonds. The van der Waals surface area contributed by atoms with Crippen LogP contribution in [0.25, 0.3) is 0 Å². The van der Waals surface area contributed by atoms with Crippen LogP contribution in [0, 0.1) is 6.92 Å². The van der Waals surface area contributed by atoms with Crippen molar-refractivity contribution in [2.75, 3.05) is 0 Å². The number of aryl methyl sites for hydroxylation is 1. The van der Waals surface area contributed by atoms with Crippen molar-refractivity contribution in [1.29, 1.82) is 0 Å². The van der Waals surface area contributed by atoms with E-state index < -0.39 is 0 Å². The number of hydrogen-bond acceptors (Lipinski definition) is 1. The Kier molecular flexibility index (Phi) is 5.79. The first kappa shape index (κ1) is 18.4. The Hall–Kier alpha value is -2.97. The van der Waals surface area contributed by atoms with Crippen molar-refractivity contribution >= 4 is 10.9 Å². The zero-order valence-electron chi connectivity index (χ0n) is 15.9. The summed E-state index contributed by atoms with van der Waals surface area (Å²) in [5.74, 6) is 0.897. The van der Waals surface area contributed by atoms with Crippen molar-refractivity contribution < 1.29 is 4.74 Å². The van der Waals surface area contributed by atoms with Gasteiger partial charge in [-0.05, 0) is 61.0 Å². The van der Waals surface area contributed by atoms with E-state index in [0.717, 1.165) is 5.75 Å². The van der Waals surface area contributed by atoms with Crippen molar-refractivity contribution in [3.8, 4) is 5.75 Å². The van der Waals surface area contributed by atoms with Crippen LogP contribution in [0.4, 0.5) is 0 Å². The van der Waals surface area contributed by atoms with Crippen LogP contribution in [0.1, 0.15) is 11.1 Å². The molecule has 0 aromatic heterocycles. The first-order valence-corrected chi connectivity index (χ1v) is 10.6. The molecule has 0 N–H and O–H groups in total. The summed E-state index contributed by atoms with van der Waals surface area (Å²) in [4.78, 5) is 3.93. The summed E-state index contributed by atoms with van der Waals surface area (Å²) in [5, 5.41) is 0. The second kappa shape index (κ2) is 8.81. The van der Waals surface area contributed by atoms with Crippen LogP contribution in [0.3, 0.4) is 0 Å². The predicted molar refractivity (Wildman–Crippen MR) is 117 cm³/mol. The van der Waals surface area contributed by atoms with Crippen molar-refractivity contribution in [2.24, 2.45) is 0 Å². The maximum atomic E-state index is 5.98. The van der Waals surface area contributed by atoms with Gasteiger partial charge in [0.15, 0.2) is 14.7 Å². The van der Waals surface area contributed by atoms with E-state index in [-0.39, 0.29) is 10.9 Å². The van der Waals surface area contributed by atoms with Crippen molar-refractivity contribution in [1.82, 2.24) is 0 Å². The first-order valence-electron chi connectivity index (χ1n) is 9.42. The first-order chi connectivity index (χ1) is 13.8. The third-order valence-electron chi connectivity index (χ3n) is 4.54. The maximum Gasteiger partial charge on any atom is 0.166 e. The average Bonchev–Trinajstić information content (AvgIpc) is 2.76. The summed E-state index contributed by atoms with van der Waals surface area (Å²) in [5.41, 5.74) is 2.45. The standard InChI is InChI=1S/C26H23OS/c1-21-12-14-22(15-13-21)20-27-23-16-18-26(19-17-23)28(24-8-4-2-5-9-24)25-10-6-3-7-11-25/h2-19H,20H2,1H3/q+1. The average molecular weight is 384 g/mol. The van der Waals surface area contributed by atoms with Crippen LogP contribution in [-0.2, 0) is 17.5 Å². The van der Waals surface area contributed by atoms with E-state index in [9.17, 15) is 0 Å². The summed E-state index contributed by atoms with van der Waals surface area (Å²) in [6, 6.07) is 38.4. The molecule has 0 saturated heterocycles. The molecule has 0 bridgehead atoms. The molecular weight excluding hydrogens is 360 g/mol. The van der Waals surface area contributed by atoms with Gasteiger partial charge in [0.25, 0.3) is 0 Å². The number of benzene rings is 4. The highest BCUT2D eigenvalue weighted by Gasteiger charge is 2.28. The number of hydrogen-bond donors (Lipinski definition) is 0. The van der Waals surface area contributed by atoms with Crippen molar-refractivity contribution in [3.63, 3.8) is 0 Å². The fourth-order valence-corrected chi connectivity index (χ4v) is 5.13. The molecule has 0 aliphatic carbocycles. The van der Waals surface area contributed by atoms with Crippen LogP contribution in [-0.4, -0.2) is 0 Å². The Balaban J connectivity index is 1.55. The lowest BCUT2D eigenvalue weighted by atomic mass is 10.2. The van der Waals surface area contributed by atoms with Gasteiger partial charge in [-0.2, -0.15) is 0 Å². The summed E-state index contributed by atoms with van der Waals surface area (Å²) >= 11 is 0. The molecule has 4 rings (SSSR count). The van der Waals surface area contributed by atoms with Gasteiger partial charge < -0.3 is 4.74 Å². The minimum Gasteiger partial charge on any atom is -0.489 e. The Morgan fingerprint density at radius 1 is 0.571 bits per heavy atom. The van der Waals surface area contributed by atoms with Crippen LogP contribution < -0.4 is 4.74 Å². The Morgan fingerprint density at radius 2 is 1.07 bits per heavy atom. The van der Waals surface area contributed by atoms with Gasteiger partial charge in [-0.25, -0.2) is 0 Å². The highest BCUT2D eigenvalue weighted by atomic mass is 32.2. The summed E-state index contributed by atoms with van der Waals surface area (Å²) in [6.07, 6.45) is 0. The summed E-state index contributed by atoms with van der Waals surface area (Å²) in [6.45, 7) is 2.68. The monoisotopic (exact) mass is 383 g/mol. The van der Waals surface area contributed by atoms with Crippen LogP contribution in [0.2, 0.25) is 0 Å². The van der Waals surface area contributed by atoms with Crippen LogP contribution in [0.15, 0.2) is 124 Å². The zero-order chi connectivity index (χ0) is 19.2. The van der Waals surface area contributed by atoms with Crippen LogP contribution in [0.5, 0.6) is 5.75 Å². The molecule has 0 aliphatic rings. The van der Waals surface area contributed by atoms with Crippen molar-refractivity contribution in [2.45, 2.75) is 28.2 Å². The smallest absolute Gasteiger partial charge is 0.166 e. The number of ether oxygens (including phenoxy) is 1. The molecule has 0 radical (unpaired) electrons. The summed E-state index contributed by atoms with van der Waals surface area (Å²) < 4.78 is 5.98. The lowest BCUT2D eigenvalue weighted by Gasteiger charge is -2.10. The normalized spacial score (nSPS) is 10.8. The van der Waals surface area contributed by atoms with Crippen LogP contribution >= 0.6 is 0 Å². The van der Waals surface area contributed by atoms with Gasteiger partial charge in [0, 0.05) is 0 Å². The molecule has 4 aromatic rings. The van der Waals surface area contributed by atoms with Gasteiger partial charge in [0.05, 0.1) is 10.9 Å². The molecule has 0 atom stereocenters. The van der Waals surface area contributed by atoms with E-state index in [2.05, 4.69) is 116 Å². The Bertz CT molecular complexity index is 954. The fourth-order valence-electron chi connectivity index (χ4n) is 3.04. The van der Waals surface area contributed by atoms with Gasteiger partial charge in [-0.3, -0.25) is 0 Å². The SMILES string of the molecule is Cc1ccc(COc2ccc([S+](c3ccccc3)c3ccccc3)cc2)cc1. The molecule has 4 aromatic carbocycles. The second-order valence-electron chi connectivity index (χ2n) is 6.68. The fraction of sp³-hybridized carbons (Fsp3) is 0.0769. The quantitative estimate of drug-likeness (QED) is 0.338. The van der Waals surface area contributed by atoms with Gasteiger partial charge >= 0.3 is 0 Å². The van der Waals surface area contributed by atoms with Gasteiger partial charge in [-0.15, -0.1) is 0 Å². The lowest BCUT2D eigenvalue weighted by Crippen LogP contribution is -2.04. The van der Waals surface area contributed by atoms with E-state index in [1.54, 1.807) is 0 Å². The van der Waals surface area contributed by atoms with Gasteiger partial charge in [0.2, 0.25) is 0 Å². The topological polar surface area (TPSA) is 9.23 Å². The minimum atomic E-state index is -0.121. The van der Waals surface area contributed by atoms with E-state index in [4.69, 9.17) is 4.74 Å². The van der Waals surface area contributed by atoms with E-state index in [1.165, 1.54) is 25.8 Å². The molecule has 0 fully saturated rings. The van der Waals surface area contributed by atoms with Gasteiger partial charge in [0.1, 0.15) is 12.4 Å². The highest BCUT2D eigenvalue weighted by molar-refractivity contribution is 7.97.